The van der Waals surface area contributed by atoms with Crippen LogP contribution in [0.3, 0.4) is 0 Å². The summed E-state index contributed by atoms with van der Waals surface area (Å²) in [5.74, 6) is 0. The van der Waals surface area contributed by atoms with Gasteiger partial charge < -0.3 is 0 Å². The third kappa shape index (κ3) is 2.84. The average Bonchev–Trinajstić information content (AvgIpc) is 2.75. The van der Waals surface area contributed by atoms with Crippen LogP contribution in [0, 0.1) is 0 Å². The molecule has 0 N–H and O–H groups in total. The van der Waals surface area contributed by atoms with Crippen molar-refractivity contribution in [1.29, 1.82) is 0 Å². The smallest absolute Gasteiger partial charge is 0.0360 e. The molecular formula is C13H10Br2S. The average molecular weight is 358 g/mol. The SMILES string of the molecule is BrCC=Cc1ccc(-c2ccccc2Br)s1. The van der Waals surface area contributed by atoms with E-state index in [1.165, 1.54) is 15.3 Å². The Labute approximate surface area is 116 Å². The zero-order chi connectivity index (χ0) is 11.4. The lowest BCUT2D eigenvalue weighted by Crippen LogP contribution is -1.72. The first-order valence-electron chi connectivity index (χ1n) is 4.88. The number of benzene rings is 1. The quantitative estimate of drug-likeness (QED) is 0.628. The minimum atomic E-state index is 0.898. The van der Waals surface area contributed by atoms with Crippen molar-refractivity contribution in [3.63, 3.8) is 0 Å². The Balaban J connectivity index is 2.32. The number of hydrogen-bond donors (Lipinski definition) is 0. The summed E-state index contributed by atoms with van der Waals surface area (Å²) < 4.78 is 1.15. The first-order valence-corrected chi connectivity index (χ1v) is 7.61. The lowest BCUT2D eigenvalue weighted by Gasteiger charge is -1.99. The molecule has 16 heavy (non-hydrogen) atoms. The fourth-order valence-corrected chi connectivity index (χ4v) is 3.20. The molecule has 0 nitrogen and oxygen atoms in total. The Morgan fingerprint density at radius 1 is 1.12 bits per heavy atom. The fraction of sp³-hybridized carbons (Fsp3) is 0.0769. The molecule has 0 atom stereocenters. The van der Waals surface area contributed by atoms with Crippen LogP contribution >= 0.6 is 43.2 Å². The zero-order valence-electron chi connectivity index (χ0n) is 8.49. The van der Waals surface area contributed by atoms with Gasteiger partial charge in [-0.2, -0.15) is 0 Å². The molecule has 2 rings (SSSR count). The van der Waals surface area contributed by atoms with Crippen LogP contribution in [0.2, 0.25) is 0 Å². The Morgan fingerprint density at radius 3 is 2.69 bits per heavy atom. The van der Waals surface area contributed by atoms with E-state index in [1.807, 2.05) is 6.07 Å². The fourth-order valence-electron chi connectivity index (χ4n) is 1.41. The summed E-state index contributed by atoms with van der Waals surface area (Å²) in [5.41, 5.74) is 1.26. The van der Waals surface area contributed by atoms with Crippen molar-refractivity contribution in [2.45, 2.75) is 0 Å². The van der Waals surface area contributed by atoms with E-state index in [0.717, 1.165) is 9.80 Å². The summed E-state index contributed by atoms with van der Waals surface area (Å²) in [6.45, 7) is 0. The minimum absolute atomic E-state index is 0.898. The predicted octanol–water partition coefficient (Wildman–Crippen LogP) is 5.59. The van der Waals surface area contributed by atoms with Crippen LogP contribution < -0.4 is 0 Å². The molecule has 3 heteroatoms. The van der Waals surface area contributed by atoms with Crippen molar-refractivity contribution in [2.24, 2.45) is 0 Å². The van der Waals surface area contributed by atoms with Gasteiger partial charge in [0.25, 0.3) is 0 Å². The molecule has 0 aliphatic carbocycles. The number of thiophene rings is 1. The summed E-state index contributed by atoms with van der Waals surface area (Å²) in [5, 5.41) is 0.898. The monoisotopic (exact) mass is 356 g/mol. The lowest BCUT2D eigenvalue weighted by molar-refractivity contribution is 1.64. The molecule has 1 heterocycles. The maximum atomic E-state index is 3.58. The van der Waals surface area contributed by atoms with Gasteiger partial charge in [0, 0.05) is 25.1 Å². The van der Waals surface area contributed by atoms with Crippen LogP contribution in [0.4, 0.5) is 0 Å². The highest BCUT2D eigenvalue weighted by Crippen LogP contribution is 2.33. The molecule has 0 bridgehead atoms. The van der Waals surface area contributed by atoms with Crippen molar-refractivity contribution in [1.82, 2.24) is 0 Å². The van der Waals surface area contributed by atoms with E-state index in [2.05, 4.69) is 74.3 Å². The molecule has 2 aromatic rings. The van der Waals surface area contributed by atoms with Gasteiger partial charge in [0.1, 0.15) is 0 Å². The van der Waals surface area contributed by atoms with Crippen LogP contribution in [0.5, 0.6) is 0 Å². The molecule has 1 aromatic heterocycles. The van der Waals surface area contributed by atoms with Crippen LogP contribution in [-0.2, 0) is 0 Å². The van der Waals surface area contributed by atoms with Crippen molar-refractivity contribution in [3.05, 3.63) is 51.8 Å². The van der Waals surface area contributed by atoms with E-state index >= 15 is 0 Å². The van der Waals surface area contributed by atoms with Crippen LogP contribution in [0.15, 0.2) is 46.9 Å². The van der Waals surface area contributed by atoms with Gasteiger partial charge in [-0.1, -0.05) is 56.1 Å². The molecule has 1 aromatic carbocycles. The summed E-state index contributed by atoms with van der Waals surface area (Å²) in [4.78, 5) is 2.58. The maximum absolute atomic E-state index is 3.58. The minimum Gasteiger partial charge on any atom is -0.136 e. The van der Waals surface area contributed by atoms with Crippen molar-refractivity contribution in [2.75, 3.05) is 5.33 Å². The van der Waals surface area contributed by atoms with Gasteiger partial charge in [-0.25, -0.2) is 0 Å². The molecule has 0 aliphatic rings. The van der Waals surface area contributed by atoms with Crippen molar-refractivity contribution in [3.8, 4) is 10.4 Å². The Kier molecular flexibility index (Phi) is 4.38. The first-order chi connectivity index (χ1) is 7.81. The Bertz CT molecular complexity index is 500. The van der Waals surface area contributed by atoms with Crippen LogP contribution in [0.25, 0.3) is 16.5 Å². The summed E-state index contributed by atoms with van der Waals surface area (Å²) >= 11 is 8.76. The van der Waals surface area contributed by atoms with Gasteiger partial charge in [-0.05, 0) is 24.3 Å². The van der Waals surface area contributed by atoms with Gasteiger partial charge in [-0.3, -0.25) is 0 Å². The number of allylic oxidation sites excluding steroid dienone is 1. The van der Waals surface area contributed by atoms with Gasteiger partial charge in [0.2, 0.25) is 0 Å². The Hall–Kier alpha value is -0.380. The number of hydrogen-bond acceptors (Lipinski definition) is 1. The normalized spacial score (nSPS) is 11.1. The largest absolute Gasteiger partial charge is 0.136 e. The summed E-state index contributed by atoms with van der Waals surface area (Å²) in [7, 11) is 0. The van der Waals surface area contributed by atoms with Crippen molar-refractivity contribution < 1.29 is 0 Å². The van der Waals surface area contributed by atoms with Crippen LogP contribution in [-0.4, -0.2) is 5.33 Å². The van der Waals surface area contributed by atoms with Gasteiger partial charge in [0.05, 0.1) is 0 Å². The van der Waals surface area contributed by atoms with E-state index in [-0.39, 0.29) is 0 Å². The lowest BCUT2D eigenvalue weighted by atomic mass is 10.2. The second kappa shape index (κ2) is 5.80. The molecule has 0 saturated carbocycles. The number of rotatable bonds is 3. The number of alkyl halides is 1. The zero-order valence-corrected chi connectivity index (χ0v) is 12.5. The molecule has 0 radical (unpaired) electrons. The molecule has 0 spiro atoms. The second-order valence-electron chi connectivity index (χ2n) is 3.24. The predicted molar refractivity (Wildman–Crippen MR) is 80.3 cm³/mol. The maximum Gasteiger partial charge on any atom is 0.0360 e. The molecule has 82 valence electrons. The highest BCUT2D eigenvalue weighted by atomic mass is 79.9. The van der Waals surface area contributed by atoms with E-state index < -0.39 is 0 Å². The van der Waals surface area contributed by atoms with Gasteiger partial charge in [-0.15, -0.1) is 11.3 Å². The first kappa shape index (κ1) is 12.1. The molecule has 0 amide bonds. The van der Waals surface area contributed by atoms with E-state index in [4.69, 9.17) is 0 Å². The standard InChI is InChI=1S/C13H10Br2S/c14-9-3-4-10-7-8-13(16-10)11-5-1-2-6-12(11)15/h1-8H,9H2. The molecule has 0 aliphatic heterocycles. The van der Waals surface area contributed by atoms with E-state index in [0.29, 0.717) is 0 Å². The molecule has 0 unspecified atom stereocenters. The highest BCUT2D eigenvalue weighted by molar-refractivity contribution is 9.10. The highest BCUT2D eigenvalue weighted by Gasteiger charge is 2.04. The van der Waals surface area contributed by atoms with Crippen LogP contribution in [0.1, 0.15) is 4.88 Å². The summed E-state index contributed by atoms with van der Waals surface area (Å²) in [6, 6.07) is 12.6. The van der Waals surface area contributed by atoms with E-state index in [1.54, 1.807) is 11.3 Å². The summed E-state index contributed by atoms with van der Waals surface area (Å²) in [6.07, 6.45) is 4.25. The van der Waals surface area contributed by atoms with Crippen molar-refractivity contribution >= 4 is 49.3 Å². The topological polar surface area (TPSA) is 0 Å². The van der Waals surface area contributed by atoms with Gasteiger partial charge >= 0.3 is 0 Å². The van der Waals surface area contributed by atoms with Gasteiger partial charge in [0.15, 0.2) is 0 Å². The second-order valence-corrected chi connectivity index (χ2v) is 5.86. The third-order valence-corrected chi connectivity index (χ3v) is 4.29. The molecular weight excluding hydrogens is 348 g/mol. The Morgan fingerprint density at radius 2 is 1.94 bits per heavy atom. The number of halogens is 2. The van der Waals surface area contributed by atoms with E-state index in [9.17, 15) is 0 Å². The third-order valence-electron chi connectivity index (χ3n) is 2.14. The molecule has 0 saturated heterocycles. The molecule has 0 fully saturated rings.